The van der Waals surface area contributed by atoms with Crippen LogP contribution in [0, 0.1) is 0 Å². The number of carbonyl (C=O) groups is 2. The molecule has 0 aromatic heterocycles. The van der Waals surface area contributed by atoms with Crippen molar-refractivity contribution >= 4 is 11.8 Å². The van der Waals surface area contributed by atoms with Gasteiger partial charge >= 0.3 is 0 Å². The molecule has 3 atom stereocenters. The van der Waals surface area contributed by atoms with E-state index in [1.807, 2.05) is 5.01 Å². The first kappa shape index (κ1) is 15.7. The summed E-state index contributed by atoms with van der Waals surface area (Å²) in [5, 5.41) is 8.41. The summed E-state index contributed by atoms with van der Waals surface area (Å²) < 4.78 is 0. The van der Waals surface area contributed by atoms with E-state index in [-0.39, 0.29) is 24.3 Å². The summed E-state index contributed by atoms with van der Waals surface area (Å²) in [6.45, 7) is 3.56. The van der Waals surface area contributed by atoms with E-state index in [1.54, 1.807) is 0 Å². The Morgan fingerprint density at radius 2 is 1.86 bits per heavy atom. The van der Waals surface area contributed by atoms with E-state index in [0.29, 0.717) is 6.04 Å². The monoisotopic (exact) mass is 309 g/mol. The van der Waals surface area contributed by atoms with Crippen molar-refractivity contribution < 1.29 is 9.59 Å². The molecule has 2 aliphatic heterocycles. The number of amides is 2. The molecule has 7 nitrogen and oxygen atoms in total. The Morgan fingerprint density at radius 3 is 2.59 bits per heavy atom. The van der Waals surface area contributed by atoms with Gasteiger partial charge in [-0.15, -0.1) is 0 Å². The Kier molecular flexibility index (Phi) is 4.95. The number of carbonyl (C=O) groups excluding carboxylic acids is 2. The van der Waals surface area contributed by atoms with Crippen LogP contribution in [0.1, 0.15) is 32.1 Å². The van der Waals surface area contributed by atoms with Gasteiger partial charge in [0.15, 0.2) is 0 Å². The van der Waals surface area contributed by atoms with Crippen molar-refractivity contribution in [3.8, 4) is 0 Å². The molecule has 0 radical (unpaired) electrons. The number of piperazine rings is 2. The lowest BCUT2D eigenvalue weighted by Gasteiger charge is -2.40. The molecule has 3 unspecified atom stereocenters. The molecule has 3 N–H and O–H groups in total. The number of hydrogen-bond donors (Lipinski definition) is 3. The molecular weight excluding hydrogens is 282 g/mol. The van der Waals surface area contributed by atoms with Gasteiger partial charge in [0, 0.05) is 38.3 Å². The van der Waals surface area contributed by atoms with Crippen molar-refractivity contribution in [3.05, 3.63) is 0 Å². The van der Waals surface area contributed by atoms with Gasteiger partial charge in [0.1, 0.15) is 0 Å². The minimum absolute atomic E-state index is 0.0309. The average molecular weight is 309 g/mol. The van der Waals surface area contributed by atoms with Crippen molar-refractivity contribution in [2.75, 3.05) is 33.2 Å². The molecule has 22 heavy (non-hydrogen) atoms. The van der Waals surface area contributed by atoms with Crippen LogP contribution in [0.5, 0.6) is 0 Å². The van der Waals surface area contributed by atoms with E-state index < -0.39 is 6.04 Å². The summed E-state index contributed by atoms with van der Waals surface area (Å²) in [6.07, 6.45) is 4.72. The Labute approximate surface area is 131 Å². The highest BCUT2D eigenvalue weighted by Crippen LogP contribution is 2.22. The fourth-order valence-corrected chi connectivity index (χ4v) is 3.60. The summed E-state index contributed by atoms with van der Waals surface area (Å²) in [5.41, 5.74) is 2.93. The quantitative estimate of drug-likeness (QED) is 0.627. The molecule has 124 valence electrons. The van der Waals surface area contributed by atoms with Crippen LogP contribution in [0.15, 0.2) is 0 Å². The van der Waals surface area contributed by atoms with Crippen molar-refractivity contribution in [1.29, 1.82) is 0 Å². The van der Waals surface area contributed by atoms with E-state index in [9.17, 15) is 9.59 Å². The molecule has 1 aliphatic carbocycles. The van der Waals surface area contributed by atoms with E-state index in [2.05, 4.69) is 28.0 Å². The lowest BCUT2D eigenvalue weighted by molar-refractivity contribution is -0.133. The maximum Gasteiger partial charge on any atom is 0.237 e. The predicted octanol–water partition coefficient (Wildman–Crippen LogP) is -0.946. The normalized spacial score (nSPS) is 33.9. The Hall–Kier alpha value is -1.18. The average Bonchev–Trinajstić information content (AvgIpc) is 2.50. The fourth-order valence-electron chi connectivity index (χ4n) is 3.60. The second-order valence-electron chi connectivity index (χ2n) is 6.75. The van der Waals surface area contributed by atoms with Gasteiger partial charge in [-0.1, -0.05) is 12.8 Å². The molecule has 3 aliphatic rings. The topological polar surface area (TPSA) is 76.7 Å². The third-order valence-corrected chi connectivity index (χ3v) is 5.00. The number of nitrogens with one attached hydrogen (secondary N) is 3. The summed E-state index contributed by atoms with van der Waals surface area (Å²) >= 11 is 0. The first-order valence-electron chi connectivity index (χ1n) is 8.41. The Bertz CT molecular complexity index is 422. The van der Waals surface area contributed by atoms with Gasteiger partial charge in [-0.2, -0.15) is 0 Å². The molecule has 3 fully saturated rings. The van der Waals surface area contributed by atoms with Gasteiger partial charge in [-0.25, -0.2) is 5.01 Å². The molecule has 7 heteroatoms. The third-order valence-electron chi connectivity index (χ3n) is 5.00. The summed E-state index contributed by atoms with van der Waals surface area (Å²) in [6, 6.07) is 0.179. The number of fused-ring (bicyclic) bond motifs is 1. The second-order valence-corrected chi connectivity index (χ2v) is 6.75. The maximum atomic E-state index is 12.2. The van der Waals surface area contributed by atoms with Crippen molar-refractivity contribution in [2.24, 2.45) is 0 Å². The van der Waals surface area contributed by atoms with E-state index >= 15 is 0 Å². The van der Waals surface area contributed by atoms with Gasteiger partial charge < -0.3 is 15.5 Å². The SMILES string of the molecule is CN1CCN(NC(=O)CC2NC3CCCCC3NC2=O)CC1. The molecular formula is C15H27N5O2. The number of hydrogen-bond acceptors (Lipinski definition) is 5. The molecule has 0 aromatic rings. The number of hydrazine groups is 1. The van der Waals surface area contributed by atoms with Crippen LogP contribution >= 0.6 is 0 Å². The zero-order valence-corrected chi connectivity index (χ0v) is 13.3. The van der Waals surface area contributed by atoms with Crippen LogP contribution in [-0.4, -0.2) is 73.1 Å². The molecule has 0 spiro atoms. The smallest absolute Gasteiger partial charge is 0.237 e. The number of likely N-dealkylation sites (N-methyl/N-ethyl adjacent to an activating group) is 1. The lowest BCUT2D eigenvalue weighted by Crippen LogP contribution is -2.65. The molecule has 2 amide bonds. The van der Waals surface area contributed by atoms with Gasteiger partial charge in [-0.05, 0) is 19.9 Å². The first-order chi connectivity index (χ1) is 10.6. The zero-order valence-electron chi connectivity index (χ0n) is 13.3. The molecule has 1 saturated carbocycles. The summed E-state index contributed by atoms with van der Waals surface area (Å²) in [7, 11) is 2.08. The van der Waals surface area contributed by atoms with Crippen LogP contribution < -0.4 is 16.1 Å². The summed E-state index contributed by atoms with van der Waals surface area (Å²) in [4.78, 5) is 26.6. The van der Waals surface area contributed by atoms with Crippen molar-refractivity contribution in [1.82, 2.24) is 26.0 Å². The highest BCUT2D eigenvalue weighted by molar-refractivity contribution is 5.89. The maximum absolute atomic E-state index is 12.2. The highest BCUT2D eigenvalue weighted by Gasteiger charge is 2.37. The molecule has 0 bridgehead atoms. The second kappa shape index (κ2) is 6.93. The zero-order chi connectivity index (χ0) is 15.5. The van der Waals surface area contributed by atoms with E-state index in [1.165, 1.54) is 12.8 Å². The van der Waals surface area contributed by atoms with Crippen LogP contribution in [0.25, 0.3) is 0 Å². The first-order valence-corrected chi connectivity index (χ1v) is 8.41. The lowest BCUT2D eigenvalue weighted by atomic mass is 9.87. The minimum Gasteiger partial charge on any atom is -0.350 e. The third kappa shape index (κ3) is 3.77. The van der Waals surface area contributed by atoms with Crippen molar-refractivity contribution in [2.45, 2.75) is 50.2 Å². The van der Waals surface area contributed by atoms with Crippen LogP contribution in [-0.2, 0) is 9.59 Å². The van der Waals surface area contributed by atoms with E-state index in [0.717, 1.165) is 39.0 Å². The van der Waals surface area contributed by atoms with Gasteiger partial charge in [0.25, 0.3) is 0 Å². The Balaban J connectivity index is 1.47. The van der Waals surface area contributed by atoms with Crippen LogP contribution in [0.4, 0.5) is 0 Å². The number of nitrogens with zero attached hydrogens (tertiary/aromatic N) is 2. The molecule has 0 aromatic carbocycles. The highest BCUT2D eigenvalue weighted by atomic mass is 16.2. The van der Waals surface area contributed by atoms with Gasteiger partial charge in [0.2, 0.25) is 11.8 Å². The Morgan fingerprint density at radius 1 is 1.18 bits per heavy atom. The minimum atomic E-state index is -0.396. The standard InChI is InChI=1S/C15H27N5O2/c1-19-6-8-20(9-7-19)18-14(21)10-13-15(22)17-12-5-3-2-4-11(12)16-13/h11-13,16H,2-10H2,1H3,(H,17,22)(H,18,21). The van der Waals surface area contributed by atoms with Crippen LogP contribution in [0.2, 0.25) is 0 Å². The van der Waals surface area contributed by atoms with Crippen LogP contribution in [0.3, 0.4) is 0 Å². The molecule has 3 rings (SSSR count). The van der Waals surface area contributed by atoms with Crippen molar-refractivity contribution in [3.63, 3.8) is 0 Å². The molecule has 2 saturated heterocycles. The summed E-state index contributed by atoms with van der Waals surface area (Å²) in [5.74, 6) is -0.108. The number of rotatable bonds is 3. The van der Waals surface area contributed by atoms with Gasteiger partial charge in [0.05, 0.1) is 12.5 Å². The molecule has 2 heterocycles. The van der Waals surface area contributed by atoms with Gasteiger partial charge in [-0.3, -0.25) is 15.0 Å². The largest absolute Gasteiger partial charge is 0.350 e. The van der Waals surface area contributed by atoms with E-state index in [4.69, 9.17) is 0 Å². The predicted molar refractivity (Wildman–Crippen MR) is 82.9 cm³/mol. The fraction of sp³-hybridized carbons (Fsp3) is 0.867.